The summed E-state index contributed by atoms with van der Waals surface area (Å²) < 4.78 is 35.6. The van der Waals surface area contributed by atoms with Gasteiger partial charge in [-0.2, -0.15) is 0 Å². The van der Waals surface area contributed by atoms with Gasteiger partial charge in [-0.25, -0.2) is 0 Å². The van der Waals surface area contributed by atoms with Crippen molar-refractivity contribution >= 4 is 10.9 Å². The van der Waals surface area contributed by atoms with Gasteiger partial charge in [-0.15, -0.1) is 0 Å². The van der Waals surface area contributed by atoms with E-state index in [0.717, 1.165) is 90.3 Å². The van der Waals surface area contributed by atoms with E-state index < -0.39 is 10.9 Å². The molecule has 0 N–H and O–H groups in total. The Balaban J connectivity index is 1.33. The largest absolute Gasteiger partial charge is 0.465 e. The molecule has 6 nitrogen and oxygen atoms in total. The van der Waals surface area contributed by atoms with Gasteiger partial charge in [0.2, 0.25) is 0 Å². The van der Waals surface area contributed by atoms with Gasteiger partial charge in [0.1, 0.15) is 17.2 Å². The SMILES string of the molecule is c1cc(OC2CCCO2)cc([S+](c2cccc(OC3CCCO3)c2)c2cccc(OC3CCCO3)c2)c1. The third-order valence-electron chi connectivity index (χ3n) is 6.59. The molecule has 0 saturated carbocycles. The van der Waals surface area contributed by atoms with Gasteiger partial charge in [-0.3, -0.25) is 0 Å². The van der Waals surface area contributed by atoms with Crippen LogP contribution in [0.4, 0.5) is 0 Å². The molecule has 37 heavy (non-hydrogen) atoms. The molecule has 0 aliphatic carbocycles. The molecule has 3 unspecified atom stereocenters. The van der Waals surface area contributed by atoms with Crippen LogP contribution in [-0.4, -0.2) is 38.7 Å². The second-order valence-electron chi connectivity index (χ2n) is 9.41. The van der Waals surface area contributed by atoms with Crippen molar-refractivity contribution in [3.8, 4) is 17.2 Å². The van der Waals surface area contributed by atoms with Crippen molar-refractivity contribution in [3.05, 3.63) is 72.8 Å². The Bertz CT molecular complexity index is 1020. The van der Waals surface area contributed by atoms with E-state index in [2.05, 4.69) is 54.6 Å². The van der Waals surface area contributed by atoms with Crippen molar-refractivity contribution in [2.24, 2.45) is 0 Å². The molecule has 0 bridgehead atoms. The molecule has 3 aliphatic rings. The van der Waals surface area contributed by atoms with E-state index in [-0.39, 0.29) is 18.9 Å². The fourth-order valence-corrected chi connectivity index (χ4v) is 6.97. The Labute approximate surface area is 221 Å². The third-order valence-corrected chi connectivity index (χ3v) is 8.77. The minimum Gasteiger partial charge on any atom is -0.465 e. The molecular weight excluding hydrogens is 488 g/mol. The fraction of sp³-hybridized carbons (Fsp3) is 0.400. The zero-order valence-corrected chi connectivity index (χ0v) is 21.7. The number of ether oxygens (including phenoxy) is 6. The summed E-state index contributed by atoms with van der Waals surface area (Å²) in [5.41, 5.74) is 0. The number of rotatable bonds is 9. The van der Waals surface area contributed by atoms with E-state index in [1.165, 1.54) is 0 Å². The highest BCUT2D eigenvalue weighted by atomic mass is 32.2. The van der Waals surface area contributed by atoms with Gasteiger partial charge in [0.25, 0.3) is 0 Å². The summed E-state index contributed by atoms with van der Waals surface area (Å²) in [6.07, 6.45) is 5.32. The second-order valence-corrected chi connectivity index (χ2v) is 11.4. The lowest BCUT2D eigenvalue weighted by molar-refractivity contribution is -0.0394. The molecule has 3 atom stereocenters. The summed E-state index contributed by atoms with van der Waals surface area (Å²) in [5.74, 6) is 2.46. The van der Waals surface area contributed by atoms with Crippen molar-refractivity contribution in [2.45, 2.75) is 72.1 Å². The maximum absolute atomic E-state index is 6.16. The molecule has 3 heterocycles. The number of benzene rings is 3. The van der Waals surface area contributed by atoms with Gasteiger partial charge in [0.05, 0.1) is 30.7 Å². The molecule has 3 aromatic carbocycles. The summed E-state index contributed by atoms with van der Waals surface area (Å²) in [4.78, 5) is 3.46. The Kier molecular flexibility index (Phi) is 7.84. The van der Waals surface area contributed by atoms with Gasteiger partial charge in [0.15, 0.2) is 33.6 Å². The molecule has 3 aromatic rings. The van der Waals surface area contributed by atoms with E-state index in [9.17, 15) is 0 Å². The molecule has 7 heteroatoms. The van der Waals surface area contributed by atoms with E-state index in [0.29, 0.717) is 0 Å². The van der Waals surface area contributed by atoms with E-state index in [4.69, 9.17) is 28.4 Å². The van der Waals surface area contributed by atoms with Crippen molar-refractivity contribution in [3.63, 3.8) is 0 Å². The van der Waals surface area contributed by atoms with Crippen LogP contribution in [0, 0.1) is 0 Å². The summed E-state index contributed by atoms with van der Waals surface area (Å²) >= 11 is 0. The van der Waals surface area contributed by atoms with E-state index in [1.807, 2.05) is 18.2 Å². The summed E-state index contributed by atoms with van der Waals surface area (Å²) in [6.45, 7) is 2.26. The summed E-state index contributed by atoms with van der Waals surface area (Å²) in [7, 11) is -0.417. The highest BCUT2D eigenvalue weighted by molar-refractivity contribution is 7.97. The lowest BCUT2D eigenvalue weighted by Gasteiger charge is -2.16. The second kappa shape index (κ2) is 11.8. The van der Waals surface area contributed by atoms with Crippen molar-refractivity contribution < 1.29 is 28.4 Å². The predicted molar refractivity (Wildman–Crippen MR) is 140 cm³/mol. The van der Waals surface area contributed by atoms with Crippen LogP contribution in [0.15, 0.2) is 87.5 Å². The monoisotopic (exact) mass is 521 g/mol. The van der Waals surface area contributed by atoms with Crippen LogP contribution in [0.5, 0.6) is 17.2 Å². The van der Waals surface area contributed by atoms with Crippen LogP contribution in [0.3, 0.4) is 0 Å². The lowest BCUT2D eigenvalue weighted by atomic mass is 10.3. The standard InChI is InChI=1S/C30H33O6S/c1-7-22(34-28-13-4-16-31-28)19-25(10-1)37(26-11-2-8-23(20-26)35-29-14-5-17-32-29)27-12-3-9-24(21-27)36-30-15-6-18-33-30/h1-3,7-12,19-21,28-30H,4-6,13-18H2/q+1. The first-order valence-electron chi connectivity index (χ1n) is 13.2. The zero-order chi connectivity index (χ0) is 24.9. The Hall–Kier alpha value is -2.71. The normalized spacial score (nSPS) is 24.2. The topological polar surface area (TPSA) is 55.4 Å². The minimum absolute atomic E-state index is 0.177. The van der Waals surface area contributed by atoms with Crippen LogP contribution < -0.4 is 14.2 Å². The number of hydrogen-bond acceptors (Lipinski definition) is 6. The first-order chi connectivity index (χ1) is 18.3. The molecule has 0 aromatic heterocycles. The van der Waals surface area contributed by atoms with Crippen LogP contribution >= 0.6 is 0 Å². The highest BCUT2D eigenvalue weighted by Crippen LogP contribution is 2.37. The Morgan fingerprint density at radius 3 is 1.16 bits per heavy atom. The molecule has 3 aliphatic heterocycles. The summed E-state index contributed by atoms with van der Waals surface area (Å²) in [5, 5.41) is 0. The zero-order valence-electron chi connectivity index (χ0n) is 20.9. The van der Waals surface area contributed by atoms with Crippen molar-refractivity contribution in [1.29, 1.82) is 0 Å². The van der Waals surface area contributed by atoms with Crippen LogP contribution in [0.25, 0.3) is 0 Å². The molecule has 0 amide bonds. The minimum atomic E-state index is -0.417. The first-order valence-corrected chi connectivity index (χ1v) is 14.4. The Morgan fingerprint density at radius 2 is 0.865 bits per heavy atom. The summed E-state index contributed by atoms with van der Waals surface area (Å²) in [6, 6.07) is 25.0. The van der Waals surface area contributed by atoms with E-state index >= 15 is 0 Å². The maximum Gasteiger partial charge on any atom is 0.199 e. The molecular formula is C30H33O6S+. The maximum atomic E-state index is 6.16. The smallest absolute Gasteiger partial charge is 0.199 e. The number of hydrogen-bond donors (Lipinski definition) is 0. The average Bonchev–Trinajstić information content (AvgIpc) is 3.70. The molecule has 3 saturated heterocycles. The quantitative estimate of drug-likeness (QED) is 0.307. The van der Waals surface area contributed by atoms with Gasteiger partial charge in [-0.1, -0.05) is 18.2 Å². The first kappa shape index (κ1) is 24.6. The van der Waals surface area contributed by atoms with Gasteiger partial charge in [0, 0.05) is 37.5 Å². The molecule has 194 valence electrons. The highest BCUT2D eigenvalue weighted by Gasteiger charge is 2.31. The van der Waals surface area contributed by atoms with Gasteiger partial charge >= 0.3 is 0 Å². The molecule has 6 rings (SSSR count). The fourth-order valence-electron chi connectivity index (χ4n) is 4.81. The van der Waals surface area contributed by atoms with Crippen molar-refractivity contribution in [2.75, 3.05) is 19.8 Å². The van der Waals surface area contributed by atoms with Gasteiger partial charge < -0.3 is 28.4 Å². The molecule has 3 fully saturated rings. The van der Waals surface area contributed by atoms with Crippen molar-refractivity contribution in [1.82, 2.24) is 0 Å². The van der Waals surface area contributed by atoms with Crippen LogP contribution in [0.1, 0.15) is 38.5 Å². The molecule has 0 spiro atoms. The average molecular weight is 522 g/mol. The Morgan fingerprint density at radius 1 is 0.514 bits per heavy atom. The molecule has 0 radical (unpaired) electrons. The van der Waals surface area contributed by atoms with Crippen LogP contribution in [0.2, 0.25) is 0 Å². The van der Waals surface area contributed by atoms with E-state index in [1.54, 1.807) is 0 Å². The lowest BCUT2D eigenvalue weighted by Crippen LogP contribution is -2.15. The predicted octanol–water partition coefficient (Wildman–Crippen LogP) is 6.33. The van der Waals surface area contributed by atoms with Crippen LogP contribution in [-0.2, 0) is 25.1 Å². The third kappa shape index (κ3) is 6.24. The van der Waals surface area contributed by atoms with Gasteiger partial charge in [-0.05, 0) is 55.7 Å².